The fourth-order valence-electron chi connectivity index (χ4n) is 5.35. The van der Waals surface area contributed by atoms with Crippen LogP contribution in [0.1, 0.15) is 43.5 Å². The van der Waals surface area contributed by atoms with Crippen molar-refractivity contribution in [1.29, 1.82) is 0 Å². The fourth-order valence-corrected chi connectivity index (χ4v) is 5.35. The molecule has 2 amide bonds. The van der Waals surface area contributed by atoms with E-state index in [0.717, 1.165) is 16.0 Å². The van der Waals surface area contributed by atoms with Crippen LogP contribution in [0.2, 0.25) is 0 Å². The summed E-state index contributed by atoms with van der Waals surface area (Å²) in [6, 6.07) is 10.1. The van der Waals surface area contributed by atoms with Crippen LogP contribution < -0.4 is 4.90 Å². The van der Waals surface area contributed by atoms with Gasteiger partial charge >= 0.3 is 0 Å². The van der Waals surface area contributed by atoms with Crippen LogP contribution in [0, 0.1) is 34.3 Å². The van der Waals surface area contributed by atoms with Crippen molar-refractivity contribution in [3.8, 4) is 0 Å². The van der Waals surface area contributed by atoms with Crippen LogP contribution in [-0.4, -0.2) is 39.8 Å². The first-order valence-corrected chi connectivity index (χ1v) is 11.1. The zero-order valence-corrected chi connectivity index (χ0v) is 19.3. The summed E-state index contributed by atoms with van der Waals surface area (Å²) >= 11 is 0. The third-order valence-electron chi connectivity index (χ3n) is 6.93. The Morgan fingerprint density at radius 2 is 1.74 bits per heavy atom. The number of carbonyl (C=O) groups excluding carboxylic acids is 3. The van der Waals surface area contributed by atoms with Gasteiger partial charge in [-0.2, -0.15) is 5.10 Å². The molecule has 9 heteroatoms. The van der Waals surface area contributed by atoms with E-state index in [1.807, 2.05) is 24.3 Å². The summed E-state index contributed by atoms with van der Waals surface area (Å²) in [7, 11) is 0. The van der Waals surface area contributed by atoms with Crippen molar-refractivity contribution in [3.63, 3.8) is 0 Å². The predicted octanol–water partition coefficient (Wildman–Crippen LogP) is 3.40. The number of hydrazone groups is 1. The number of benzene rings is 2. The van der Waals surface area contributed by atoms with Gasteiger partial charge in [-0.3, -0.25) is 29.5 Å². The Morgan fingerprint density at radius 1 is 1.06 bits per heavy atom. The molecule has 0 radical (unpaired) electrons. The van der Waals surface area contributed by atoms with E-state index in [9.17, 15) is 24.5 Å². The third-order valence-corrected chi connectivity index (χ3v) is 6.93. The number of nitrogens with zero attached hydrogens (tertiary/aromatic N) is 4. The Labute approximate surface area is 196 Å². The highest BCUT2D eigenvalue weighted by molar-refractivity contribution is 6.24. The molecule has 2 aromatic carbocycles. The number of amides is 2. The van der Waals surface area contributed by atoms with Gasteiger partial charge in [0.1, 0.15) is 6.04 Å². The molecule has 0 N–H and O–H groups in total. The standard InChI is InChI=1S/C25H24N4O5/c1-13-11-15(29(33)34)9-10-17(13)27-23(31)18-19(24(27)32)21(22(30)25(2,3)4)28-20(18)16-8-6-5-7-14(16)12-26-28/h5-12,18-21H,1-4H3/t18-,19+,20-,21+/m0/s1. The minimum absolute atomic E-state index is 0.122. The van der Waals surface area contributed by atoms with Gasteiger partial charge in [-0.25, -0.2) is 4.90 Å². The fraction of sp³-hybridized carbons (Fsp3) is 0.360. The molecule has 0 spiro atoms. The van der Waals surface area contributed by atoms with Crippen LogP contribution in [0.25, 0.3) is 0 Å². The Balaban J connectivity index is 1.65. The van der Waals surface area contributed by atoms with Crippen molar-refractivity contribution in [1.82, 2.24) is 5.01 Å². The van der Waals surface area contributed by atoms with Gasteiger partial charge in [0.2, 0.25) is 11.8 Å². The Kier molecular flexibility index (Phi) is 4.72. The van der Waals surface area contributed by atoms with Crippen molar-refractivity contribution in [3.05, 3.63) is 69.3 Å². The van der Waals surface area contributed by atoms with Gasteiger partial charge in [-0.05, 0) is 29.7 Å². The maximum atomic E-state index is 13.8. The lowest BCUT2D eigenvalue weighted by Gasteiger charge is -2.35. The molecule has 0 saturated carbocycles. The molecule has 3 aliphatic heterocycles. The first-order valence-electron chi connectivity index (χ1n) is 11.1. The highest BCUT2D eigenvalue weighted by Gasteiger charge is 2.66. The monoisotopic (exact) mass is 460 g/mol. The molecule has 9 nitrogen and oxygen atoms in total. The third kappa shape index (κ3) is 2.99. The van der Waals surface area contributed by atoms with Crippen LogP contribution in [0.3, 0.4) is 0 Å². The lowest BCUT2D eigenvalue weighted by Crippen LogP contribution is -2.48. The molecule has 0 aromatic heterocycles. The average molecular weight is 460 g/mol. The summed E-state index contributed by atoms with van der Waals surface area (Å²) in [5.74, 6) is -2.75. The van der Waals surface area contributed by atoms with E-state index < -0.39 is 46.1 Å². The number of imide groups is 1. The molecule has 3 aliphatic rings. The smallest absolute Gasteiger partial charge is 0.269 e. The number of aryl methyl sites for hydroxylation is 1. The van der Waals surface area contributed by atoms with E-state index in [2.05, 4.69) is 5.10 Å². The Bertz CT molecular complexity index is 1290. The molecule has 2 saturated heterocycles. The number of fused-ring (bicyclic) bond motifs is 5. The van der Waals surface area contributed by atoms with Gasteiger partial charge in [0.25, 0.3) is 5.69 Å². The van der Waals surface area contributed by atoms with E-state index in [4.69, 9.17) is 0 Å². The second-order valence-corrected chi connectivity index (χ2v) is 10.0. The Hall–Kier alpha value is -3.88. The number of non-ortho nitro benzene ring substituents is 1. The second-order valence-electron chi connectivity index (χ2n) is 10.0. The van der Waals surface area contributed by atoms with Gasteiger partial charge in [0.15, 0.2) is 5.78 Å². The van der Waals surface area contributed by atoms with Crippen molar-refractivity contribution in [2.45, 2.75) is 39.8 Å². The molecule has 0 unspecified atom stereocenters. The Morgan fingerprint density at radius 3 is 2.38 bits per heavy atom. The number of ketones is 1. The first kappa shape index (κ1) is 21.9. The van der Waals surface area contributed by atoms with Crippen LogP contribution in [0.15, 0.2) is 47.6 Å². The van der Waals surface area contributed by atoms with Crippen molar-refractivity contribution >= 4 is 35.2 Å². The van der Waals surface area contributed by atoms with Crippen LogP contribution in [-0.2, 0) is 14.4 Å². The number of carbonyl (C=O) groups is 3. The number of nitro benzene ring substituents is 1. The largest absolute Gasteiger partial charge is 0.297 e. The molecule has 5 rings (SSSR count). The van der Waals surface area contributed by atoms with Crippen molar-refractivity contribution in [2.24, 2.45) is 22.4 Å². The molecule has 3 heterocycles. The summed E-state index contributed by atoms with van der Waals surface area (Å²) in [5.41, 5.74) is 1.56. The highest BCUT2D eigenvalue weighted by atomic mass is 16.6. The molecule has 4 atom stereocenters. The van der Waals surface area contributed by atoms with Crippen molar-refractivity contribution < 1.29 is 19.3 Å². The van der Waals surface area contributed by atoms with E-state index in [1.54, 1.807) is 38.9 Å². The number of anilines is 1. The molecule has 0 bridgehead atoms. The SMILES string of the molecule is Cc1cc([N+](=O)[O-])ccc1N1C(=O)[C@@H]2[C@H](C1=O)[C@@H]1c3ccccc3C=NN1[C@H]2C(=O)C(C)(C)C. The lowest BCUT2D eigenvalue weighted by atomic mass is 9.79. The first-order chi connectivity index (χ1) is 16.0. The van der Waals surface area contributed by atoms with Crippen LogP contribution >= 0.6 is 0 Å². The molecule has 2 aromatic rings. The number of nitro groups is 1. The molecule has 34 heavy (non-hydrogen) atoms. The average Bonchev–Trinajstić information content (AvgIpc) is 3.25. The molecule has 0 aliphatic carbocycles. The quantitative estimate of drug-likeness (QED) is 0.394. The minimum Gasteiger partial charge on any atom is -0.297 e. The summed E-state index contributed by atoms with van der Waals surface area (Å²) in [6.07, 6.45) is 1.67. The summed E-state index contributed by atoms with van der Waals surface area (Å²) in [4.78, 5) is 53.0. The normalized spacial score (nSPS) is 25.3. The van der Waals surface area contributed by atoms with Gasteiger partial charge < -0.3 is 0 Å². The number of hydrogen-bond acceptors (Lipinski definition) is 7. The van der Waals surface area contributed by atoms with Crippen LogP contribution in [0.5, 0.6) is 0 Å². The van der Waals surface area contributed by atoms with Gasteiger partial charge in [-0.15, -0.1) is 0 Å². The number of hydrogen-bond donors (Lipinski definition) is 0. The molecule has 174 valence electrons. The maximum absolute atomic E-state index is 13.8. The summed E-state index contributed by atoms with van der Waals surface area (Å²) in [5, 5.41) is 17.3. The van der Waals surface area contributed by atoms with E-state index in [1.165, 1.54) is 18.2 Å². The zero-order valence-electron chi connectivity index (χ0n) is 19.3. The summed E-state index contributed by atoms with van der Waals surface area (Å²) < 4.78 is 0. The maximum Gasteiger partial charge on any atom is 0.269 e. The minimum atomic E-state index is -0.901. The van der Waals surface area contributed by atoms with Gasteiger partial charge in [0.05, 0.1) is 34.7 Å². The predicted molar refractivity (Wildman–Crippen MR) is 124 cm³/mol. The number of rotatable bonds is 3. The van der Waals surface area contributed by atoms with E-state index in [-0.39, 0.29) is 11.5 Å². The molecular formula is C25H24N4O5. The van der Waals surface area contributed by atoms with Gasteiger partial charge in [0, 0.05) is 17.5 Å². The lowest BCUT2D eigenvalue weighted by molar-refractivity contribution is -0.384. The highest BCUT2D eigenvalue weighted by Crippen LogP contribution is 2.53. The van der Waals surface area contributed by atoms with Crippen molar-refractivity contribution in [2.75, 3.05) is 4.90 Å². The van der Waals surface area contributed by atoms with E-state index in [0.29, 0.717) is 11.3 Å². The van der Waals surface area contributed by atoms with E-state index >= 15 is 0 Å². The molecule has 2 fully saturated rings. The zero-order chi connectivity index (χ0) is 24.5. The summed E-state index contributed by atoms with van der Waals surface area (Å²) in [6.45, 7) is 7.00. The second kappa shape index (κ2) is 7.31. The van der Waals surface area contributed by atoms with Gasteiger partial charge in [-0.1, -0.05) is 45.0 Å². The van der Waals surface area contributed by atoms with Crippen LogP contribution in [0.4, 0.5) is 11.4 Å². The number of Topliss-reactive ketones (excluding diaryl/α,β-unsaturated/α-hetero) is 1. The topological polar surface area (TPSA) is 113 Å². The molecular weight excluding hydrogens is 436 g/mol.